The standard InChI is InChI=1S/C15H33NO4Si/c1-8-12(16)13(17)9-11(10-14(18)19-5)20-21(6,7)15(2,3)4/h11-13,17H,8-10,16H2,1-7H3/t11-,12-,13-/m0/s1. The third-order valence-corrected chi connectivity index (χ3v) is 8.89. The van der Waals surface area contributed by atoms with E-state index in [1.165, 1.54) is 7.11 Å². The van der Waals surface area contributed by atoms with Crippen LogP contribution in [0.5, 0.6) is 0 Å². The van der Waals surface area contributed by atoms with E-state index in [1.807, 2.05) is 6.92 Å². The number of esters is 1. The second-order valence-corrected chi connectivity index (χ2v) is 11.9. The van der Waals surface area contributed by atoms with E-state index in [9.17, 15) is 9.90 Å². The summed E-state index contributed by atoms with van der Waals surface area (Å²) in [5.74, 6) is -0.323. The van der Waals surface area contributed by atoms with Crippen molar-refractivity contribution in [2.45, 2.75) is 83.3 Å². The van der Waals surface area contributed by atoms with Crippen LogP contribution in [0.2, 0.25) is 18.1 Å². The molecule has 0 aromatic carbocycles. The van der Waals surface area contributed by atoms with Gasteiger partial charge < -0.3 is 20.0 Å². The molecule has 0 heterocycles. The third kappa shape index (κ3) is 6.91. The van der Waals surface area contributed by atoms with Crippen molar-refractivity contribution >= 4 is 14.3 Å². The molecule has 0 saturated carbocycles. The molecule has 0 saturated heterocycles. The van der Waals surface area contributed by atoms with Gasteiger partial charge >= 0.3 is 5.97 Å². The molecule has 0 bridgehead atoms. The number of aliphatic hydroxyl groups excluding tert-OH is 1. The molecule has 0 aromatic heterocycles. The van der Waals surface area contributed by atoms with Gasteiger partial charge in [-0.1, -0.05) is 27.7 Å². The molecular formula is C15H33NO4Si. The number of hydrogen-bond acceptors (Lipinski definition) is 5. The number of nitrogens with two attached hydrogens (primary N) is 1. The predicted octanol–water partition coefficient (Wildman–Crippen LogP) is 2.43. The SMILES string of the molecule is CC[C@H](N)[C@@H](O)C[C@@H](CC(=O)OC)O[Si](C)(C)C(C)(C)C. The second-order valence-electron chi connectivity index (χ2n) is 7.16. The van der Waals surface area contributed by atoms with Gasteiger partial charge in [0.1, 0.15) is 0 Å². The Morgan fingerprint density at radius 3 is 2.24 bits per heavy atom. The van der Waals surface area contributed by atoms with Gasteiger partial charge in [0.05, 0.1) is 25.7 Å². The second kappa shape index (κ2) is 8.27. The summed E-state index contributed by atoms with van der Waals surface area (Å²) >= 11 is 0. The van der Waals surface area contributed by atoms with E-state index in [2.05, 4.69) is 33.9 Å². The van der Waals surface area contributed by atoms with Crippen molar-refractivity contribution in [2.24, 2.45) is 5.73 Å². The minimum atomic E-state index is -2.02. The first-order chi connectivity index (χ1) is 9.44. The van der Waals surface area contributed by atoms with Crippen LogP contribution in [-0.4, -0.2) is 44.8 Å². The molecule has 0 aromatic rings. The largest absolute Gasteiger partial charge is 0.469 e. The summed E-state index contributed by atoms with van der Waals surface area (Å²) in [6.45, 7) is 12.6. The van der Waals surface area contributed by atoms with Gasteiger partial charge in [-0.15, -0.1) is 0 Å². The van der Waals surface area contributed by atoms with Gasteiger partial charge in [-0.05, 0) is 24.6 Å². The summed E-state index contributed by atoms with van der Waals surface area (Å²) in [6.07, 6.45) is 0.166. The molecule has 21 heavy (non-hydrogen) atoms. The summed E-state index contributed by atoms with van der Waals surface area (Å²) in [5, 5.41) is 10.2. The van der Waals surface area contributed by atoms with Gasteiger partial charge in [-0.3, -0.25) is 4.79 Å². The van der Waals surface area contributed by atoms with Crippen LogP contribution in [0.1, 0.15) is 47.0 Å². The minimum Gasteiger partial charge on any atom is -0.469 e. The van der Waals surface area contributed by atoms with E-state index in [0.717, 1.165) is 0 Å². The Kier molecular flexibility index (Phi) is 8.10. The minimum absolute atomic E-state index is 0.0409. The lowest BCUT2D eigenvalue weighted by Crippen LogP contribution is -2.46. The normalized spacial score (nSPS) is 17.2. The van der Waals surface area contributed by atoms with Crippen molar-refractivity contribution in [3.05, 3.63) is 0 Å². The first-order valence-electron chi connectivity index (χ1n) is 7.62. The molecular weight excluding hydrogens is 286 g/mol. The molecule has 0 aliphatic heterocycles. The Morgan fingerprint density at radius 2 is 1.86 bits per heavy atom. The Bertz CT molecular complexity index is 328. The maximum atomic E-state index is 11.6. The molecule has 3 N–H and O–H groups in total. The molecule has 0 amide bonds. The lowest BCUT2D eigenvalue weighted by molar-refractivity contribution is -0.143. The van der Waals surface area contributed by atoms with Crippen molar-refractivity contribution in [2.75, 3.05) is 7.11 Å². The van der Waals surface area contributed by atoms with E-state index in [0.29, 0.717) is 12.8 Å². The highest BCUT2D eigenvalue weighted by Crippen LogP contribution is 2.38. The van der Waals surface area contributed by atoms with Crippen molar-refractivity contribution in [3.8, 4) is 0 Å². The summed E-state index contributed by atoms with van der Waals surface area (Å²) in [4.78, 5) is 11.6. The zero-order chi connectivity index (χ0) is 16.8. The highest BCUT2D eigenvalue weighted by molar-refractivity contribution is 6.74. The van der Waals surface area contributed by atoms with Crippen LogP contribution in [0.4, 0.5) is 0 Å². The number of carbonyl (C=O) groups excluding carboxylic acids is 1. The van der Waals surface area contributed by atoms with E-state index >= 15 is 0 Å². The zero-order valence-corrected chi connectivity index (χ0v) is 15.6. The van der Waals surface area contributed by atoms with Crippen LogP contribution in [0.25, 0.3) is 0 Å². The molecule has 0 aliphatic rings. The average molecular weight is 320 g/mol. The highest BCUT2D eigenvalue weighted by Gasteiger charge is 2.40. The van der Waals surface area contributed by atoms with Gasteiger partial charge in [0, 0.05) is 12.5 Å². The maximum Gasteiger partial charge on any atom is 0.308 e. The smallest absolute Gasteiger partial charge is 0.308 e. The summed E-state index contributed by atoms with van der Waals surface area (Å²) in [6, 6.07) is -0.298. The number of rotatable bonds is 8. The molecule has 5 nitrogen and oxygen atoms in total. The molecule has 126 valence electrons. The average Bonchev–Trinajstić information content (AvgIpc) is 2.35. The van der Waals surface area contributed by atoms with E-state index in [1.54, 1.807) is 0 Å². The van der Waals surface area contributed by atoms with E-state index in [-0.39, 0.29) is 29.6 Å². The van der Waals surface area contributed by atoms with Crippen molar-refractivity contribution in [3.63, 3.8) is 0 Å². The third-order valence-electron chi connectivity index (χ3n) is 4.36. The molecule has 0 spiro atoms. The predicted molar refractivity (Wildman–Crippen MR) is 87.6 cm³/mol. The highest BCUT2D eigenvalue weighted by atomic mass is 28.4. The topological polar surface area (TPSA) is 81.8 Å². The lowest BCUT2D eigenvalue weighted by atomic mass is 10.0. The summed E-state index contributed by atoms with van der Waals surface area (Å²) < 4.78 is 11.0. The fourth-order valence-corrected chi connectivity index (χ4v) is 3.12. The molecule has 0 rings (SSSR count). The quantitative estimate of drug-likeness (QED) is 0.530. The summed E-state index contributed by atoms with van der Waals surface area (Å²) in [7, 11) is -0.658. The molecule has 3 atom stereocenters. The van der Waals surface area contributed by atoms with Gasteiger partial charge in [0.15, 0.2) is 8.32 Å². The Labute approximate surface area is 130 Å². The number of hydrogen-bond donors (Lipinski definition) is 2. The van der Waals surface area contributed by atoms with E-state index in [4.69, 9.17) is 14.9 Å². The van der Waals surface area contributed by atoms with Crippen molar-refractivity contribution in [1.29, 1.82) is 0 Å². The van der Waals surface area contributed by atoms with Gasteiger partial charge in [-0.25, -0.2) is 0 Å². The maximum absolute atomic E-state index is 11.6. The van der Waals surface area contributed by atoms with Crippen LogP contribution in [0.3, 0.4) is 0 Å². The Hall–Kier alpha value is -0.433. The number of carbonyl (C=O) groups is 1. The Balaban J connectivity index is 4.94. The molecule has 0 unspecified atom stereocenters. The monoisotopic (exact) mass is 319 g/mol. The Morgan fingerprint density at radius 1 is 1.33 bits per heavy atom. The fraction of sp³-hybridized carbons (Fsp3) is 0.933. The molecule has 0 fully saturated rings. The van der Waals surface area contributed by atoms with Crippen LogP contribution in [0.15, 0.2) is 0 Å². The number of methoxy groups -OCH3 is 1. The van der Waals surface area contributed by atoms with Gasteiger partial charge in [0.2, 0.25) is 0 Å². The van der Waals surface area contributed by atoms with Crippen LogP contribution in [0, 0.1) is 0 Å². The van der Waals surface area contributed by atoms with Crippen molar-refractivity contribution in [1.82, 2.24) is 0 Å². The van der Waals surface area contributed by atoms with Crippen LogP contribution < -0.4 is 5.73 Å². The van der Waals surface area contributed by atoms with Crippen molar-refractivity contribution < 1.29 is 19.1 Å². The molecule has 0 radical (unpaired) electrons. The van der Waals surface area contributed by atoms with Crippen LogP contribution in [-0.2, 0) is 14.0 Å². The number of ether oxygens (including phenoxy) is 1. The van der Waals surface area contributed by atoms with Crippen LogP contribution >= 0.6 is 0 Å². The number of aliphatic hydroxyl groups is 1. The van der Waals surface area contributed by atoms with Gasteiger partial charge in [-0.2, -0.15) is 0 Å². The summed E-state index contributed by atoms with van der Waals surface area (Å²) in [5.41, 5.74) is 5.87. The zero-order valence-electron chi connectivity index (χ0n) is 14.6. The fourth-order valence-electron chi connectivity index (χ4n) is 1.75. The first-order valence-corrected chi connectivity index (χ1v) is 10.5. The first kappa shape index (κ1) is 20.6. The molecule has 0 aliphatic carbocycles. The van der Waals surface area contributed by atoms with Gasteiger partial charge in [0.25, 0.3) is 0 Å². The lowest BCUT2D eigenvalue weighted by Gasteiger charge is -2.39. The molecule has 6 heteroatoms. The van der Waals surface area contributed by atoms with E-state index < -0.39 is 14.4 Å².